The zero-order valence-corrected chi connectivity index (χ0v) is 9.87. The molecule has 0 fully saturated rings. The third-order valence-corrected chi connectivity index (χ3v) is 2.51. The first-order chi connectivity index (χ1) is 8.22. The van der Waals surface area contributed by atoms with Gasteiger partial charge in [-0.15, -0.1) is 0 Å². The highest BCUT2D eigenvalue weighted by Crippen LogP contribution is 2.23. The number of rotatable bonds is 5. The van der Waals surface area contributed by atoms with Crippen molar-refractivity contribution in [3.8, 4) is 6.07 Å². The van der Waals surface area contributed by atoms with E-state index in [-0.39, 0.29) is 6.04 Å². The van der Waals surface area contributed by atoms with Crippen molar-refractivity contribution in [2.24, 2.45) is 16.7 Å². The molecule has 4 N–H and O–H groups in total. The third-order valence-electron chi connectivity index (χ3n) is 2.51. The minimum atomic E-state index is -0.0208. The molecule has 1 aromatic carbocycles. The predicted octanol–water partition coefficient (Wildman–Crippen LogP) is 1.48. The maximum absolute atomic E-state index is 8.74. The van der Waals surface area contributed by atoms with Gasteiger partial charge in [0.05, 0.1) is 17.7 Å². The maximum Gasteiger partial charge on any atom is 0.107 e. The van der Waals surface area contributed by atoms with Crippen LogP contribution >= 0.6 is 0 Å². The van der Waals surface area contributed by atoms with Gasteiger partial charge in [-0.25, -0.2) is 11.0 Å². The van der Waals surface area contributed by atoms with E-state index in [1.165, 1.54) is 11.5 Å². The molecule has 1 atom stereocenters. The average Bonchev–Trinajstić information content (AvgIpc) is 2.36. The van der Waals surface area contributed by atoms with Crippen molar-refractivity contribution in [3.05, 3.63) is 35.4 Å². The second kappa shape index (κ2) is 6.51. The Bertz CT molecular complexity index is 404. The van der Waals surface area contributed by atoms with Crippen LogP contribution in [0.1, 0.15) is 36.9 Å². The zero-order chi connectivity index (χ0) is 12.7. The molecule has 0 aliphatic heterocycles. The molecular weight excluding hydrogens is 214 g/mol. The lowest BCUT2D eigenvalue weighted by Crippen LogP contribution is -2.31. The third kappa shape index (κ3) is 3.47. The number of nitrogens with zero attached hydrogens (tertiary/aromatic N) is 3. The van der Waals surface area contributed by atoms with E-state index < -0.39 is 0 Å². The molecule has 5 nitrogen and oxygen atoms in total. The Kier molecular flexibility index (Phi) is 4.98. The van der Waals surface area contributed by atoms with Gasteiger partial charge in [0.15, 0.2) is 0 Å². The molecule has 0 aromatic heterocycles. The maximum atomic E-state index is 8.74. The van der Waals surface area contributed by atoms with Crippen molar-refractivity contribution in [2.75, 3.05) is 0 Å². The molecule has 0 amide bonds. The van der Waals surface area contributed by atoms with Crippen LogP contribution in [0.25, 0.3) is 0 Å². The number of hydrogen-bond donors (Lipinski definition) is 2. The van der Waals surface area contributed by atoms with Gasteiger partial charge in [0.2, 0.25) is 0 Å². The van der Waals surface area contributed by atoms with E-state index >= 15 is 0 Å². The van der Waals surface area contributed by atoms with E-state index in [1.54, 1.807) is 12.1 Å². The normalized spacial score (nSPS) is 12.3. The van der Waals surface area contributed by atoms with Crippen molar-refractivity contribution in [1.82, 2.24) is 5.12 Å². The molecule has 0 aliphatic carbocycles. The van der Waals surface area contributed by atoms with Crippen LogP contribution in [0.3, 0.4) is 0 Å². The summed E-state index contributed by atoms with van der Waals surface area (Å²) in [6.07, 6.45) is 3.03. The lowest BCUT2D eigenvalue weighted by molar-refractivity contribution is 0.200. The Morgan fingerprint density at radius 3 is 2.59 bits per heavy atom. The first kappa shape index (κ1) is 13.0. The number of hydrogen-bond acceptors (Lipinski definition) is 4. The molecule has 1 unspecified atom stereocenters. The summed E-state index contributed by atoms with van der Waals surface area (Å²) in [5, 5.41) is 14.0. The topological polar surface area (TPSA) is 91.4 Å². The second-order valence-corrected chi connectivity index (χ2v) is 3.68. The molecule has 0 heterocycles. The molecule has 0 spiro atoms. The van der Waals surface area contributed by atoms with Crippen LogP contribution in [-0.2, 0) is 0 Å². The summed E-state index contributed by atoms with van der Waals surface area (Å²) in [6, 6.07) is 9.40. The Morgan fingerprint density at radius 1 is 1.47 bits per heavy atom. The van der Waals surface area contributed by atoms with Crippen molar-refractivity contribution < 1.29 is 0 Å². The number of nitrogens with two attached hydrogens (primary N) is 2. The zero-order valence-electron chi connectivity index (χ0n) is 9.87. The van der Waals surface area contributed by atoms with Crippen molar-refractivity contribution in [2.45, 2.75) is 25.8 Å². The SMILES string of the molecule is CCCC(c1ccc(C#N)cc1)N(N)/N=C\N. The summed E-state index contributed by atoms with van der Waals surface area (Å²) < 4.78 is 0. The summed E-state index contributed by atoms with van der Waals surface area (Å²) in [5.41, 5.74) is 6.89. The highest BCUT2D eigenvalue weighted by molar-refractivity contribution is 5.50. The molecule has 0 saturated carbocycles. The molecule has 1 aromatic rings. The molecule has 0 saturated heterocycles. The molecule has 0 radical (unpaired) electrons. The van der Waals surface area contributed by atoms with Gasteiger partial charge < -0.3 is 5.73 Å². The Hall–Kier alpha value is -2.06. The second-order valence-electron chi connectivity index (χ2n) is 3.68. The van der Waals surface area contributed by atoms with Crippen LogP contribution in [0.15, 0.2) is 29.4 Å². The van der Waals surface area contributed by atoms with Crippen LogP contribution in [0, 0.1) is 11.3 Å². The number of hydrazine groups is 1. The Labute approximate surface area is 101 Å². The predicted molar refractivity (Wildman–Crippen MR) is 67.5 cm³/mol. The van der Waals surface area contributed by atoms with E-state index in [4.69, 9.17) is 16.8 Å². The fourth-order valence-electron chi connectivity index (χ4n) is 1.66. The molecule has 5 heteroatoms. The molecule has 17 heavy (non-hydrogen) atoms. The lowest BCUT2D eigenvalue weighted by atomic mass is 10.0. The van der Waals surface area contributed by atoms with E-state index in [9.17, 15) is 0 Å². The highest BCUT2D eigenvalue weighted by atomic mass is 15.6. The number of nitriles is 1. The van der Waals surface area contributed by atoms with Gasteiger partial charge in [-0.2, -0.15) is 10.4 Å². The van der Waals surface area contributed by atoms with Gasteiger partial charge in [-0.1, -0.05) is 25.5 Å². The van der Waals surface area contributed by atoms with E-state index in [1.807, 2.05) is 12.1 Å². The number of hydrazone groups is 1. The summed E-state index contributed by atoms with van der Waals surface area (Å²) >= 11 is 0. The van der Waals surface area contributed by atoms with Crippen molar-refractivity contribution in [3.63, 3.8) is 0 Å². The van der Waals surface area contributed by atoms with Crippen LogP contribution in [-0.4, -0.2) is 11.5 Å². The van der Waals surface area contributed by atoms with Gasteiger partial charge in [0.1, 0.15) is 6.34 Å². The largest absolute Gasteiger partial charge is 0.388 e. The minimum absolute atomic E-state index is 0.0208. The van der Waals surface area contributed by atoms with E-state index in [2.05, 4.69) is 18.1 Å². The summed E-state index contributed by atoms with van der Waals surface area (Å²) in [6.45, 7) is 2.08. The molecule has 1 rings (SSSR count). The van der Waals surface area contributed by atoms with Gasteiger partial charge in [-0.05, 0) is 24.1 Å². The first-order valence-electron chi connectivity index (χ1n) is 5.51. The molecule has 0 aliphatic rings. The van der Waals surface area contributed by atoms with Gasteiger partial charge in [0, 0.05) is 0 Å². The van der Waals surface area contributed by atoms with Crippen LogP contribution < -0.4 is 11.6 Å². The Balaban J connectivity index is 2.93. The summed E-state index contributed by atoms with van der Waals surface area (Å²) in [5.74, 6) is 5.81. The van der Waals surface area contributed by atoms with Crippen LogP contribution in [0.4, 0.5) is 0 Å². The number of benzene rings is 1. The van der Waals surface area contributed by atoms with Crippen LogP contribution in [0.2, 0.25) is 0 Å². The van der Waals surface area contributed by atoms with E-state index in [0.717, 1.165) is 18.4 Å². The van der Waals surface area contributed by atoms with Crippen LogP contribution in [0.5, 0.6) is 0 Å². The summed E-state index contributed by atoms with van der Waals surface area (Å²) in [4.78, 5) is 0. The van der Waals surface area contributed by atoms with E-state index in [0.29, 0.717) is 5.56 Å². The molecule has 90 valence electrons. The minimum Gasteiger partial charge on any atom is -0.388 e. The summed E-state index contributed by atoms with van der Waals surface area (Å²) in [7, 11) is 0. The van der Waals surface area contributed by atoms with Gasteiger partial charge in [-0.3, -0.25) is 0 Å². The lowest BCUT2D eigenvalue weighted by Gasteiger charge is -2.24. The van der Waals surface area contributed by atoms with Gasteiger partial charge >= 0.3 is 0 Å². The molecular formula is C12H17N5. The molecule has 0 bridgehead atoms. The fraction of sp³-hybridized carbons (Fsp3) is 0.333. The smallest absolute Gasteiger partial charge is 0.107 e. The quantitative estimate of drug-likeness (QED) is 0.347. The Morgan fingerprint density at radius 2 is 2.12 bits per heavy atom. The fourth-order valence-corrected chi connectivity index (χ4v) is 1.66. The van der Waals surface area contributed by atoms with Crippen molar-refractivity contribution >= 4 is 6.34 Å². The first-order valence-corrected chi connectivity index (χ1v) is 5.51. The average molecular weight is 231 g/mol. The monoisotopic (exact) mass is 231 g/mol. The van der Waals surface area contributed by atoms with Gasteiger partial charge in [0.25, 0.3) is 0 Å². The highest BCUT2D eigenvalue weighted by Gasteiger charge is 2.15. The standard InChI is InChI=1S/C12H17N5/c1-2-3-12(17(15)16-9-14)11-6-4-10(8-13)5-7-11/h4-7,9,12H,2-3,15H2,1H3,(H2,14,16). The van der Waals surface area contributed by atoms with Crippen molar-refractivity contribution in [1.29, 1.82) is 5.26 Å².